The standard InChI is InChI=1S/C4H12N2S.ClH/c1-6(2)3-4-7-5;/h3-5H2,1-2H3;1H. The third kappa shape index (κ3) is 9.75. The predicted octanol–water partition coefficient (Wildman–Crippen LogP) is 0.577. The smallest absolute Gasteiger partial charge is 0.0204 e. The molecule has 0 saturated heterocycles. The van der Waals surface area contributed by atoms with E-state index in [4.69, 9.17) is 5.14 Å². The fraction of sp³-hybridized carbons (Fsp3) is 1.00. The van der Waals surface area contributed by atoms with Crippen LogP contribution < -0.4 is 5.14 Å². The van der Waals surface area contributed by atoms with E-state index in [9.17, 15) is 0 Å². The Bertz CT molecular complexity index is 43.0. The van der Waals surface area contributed by atoms with E-state index in [1.165, 1.54) is 11.9 Å². The molecule has 0 unspecified atom stereocenters. The minimum Gasteiger partial charge on any atom is -0.309 e. The Morgan fingerprint density at radius 3 is 2.12 bits per heavy atom. The molecule has 2 nitrogen and oxygen atoms in total. The zero-order chi connectivity index (χ0) is 5.70. The average molecular weight is 157 g/mol. The van der Waals surface area contributed by atoms with Crippen molar-refractivity contribution in [3.05, 3.63) is 0 Å². The number of hydrogen-bond acceptors (Lipinski definition) is 3. The van der Waals surface area contributed by atoms with Crippen molar-refractivity contribution in [3.8, 4) is 0 Å². The maximum absolute atomic E-state index is 5.17. The van der Waals surface area contributed by atoms with Gasteiger partial charge in [-0.15, -0.1) is 12.4 Å². The van der Waals surface area contributed by atoms with Crippen LogP contribution in [0.3, 0.4) is 0 Å². The Labute approximate surface area is 61.3 Å². The van der Waals surface area contributed by atoms with E-state index in [2.05, 4.69) is 4.90 Å². The van der Waals surface area contributed by atoms with Gasteiger partial charge in [0.1, 0.15) is 0 Å². The first-order valence-corrected chi connectivity index (χ1v) is 3.28. The van der Waals surface area contributed by atoms with Crippen molar-refractivity contribution in [3.63, 3.8) is 0 Å². The first kappa shape index (κ1) is 11.4. The number of nitrogens with zero attached hydrogens (tertiary/aromatic N) is 1. The summed E-state index contributed by atoms with van der Waals surface area (Å²) in [6, 6.07) is 0. The molecule has 0 heterocycles. The molecule has 0 aromatic heterocycles. The number of halogens is 1. The summed E-state index contributed by atoms with van der Waals surface area (Å²) in [5.41, 5.74) is 0. The molecule has 4 heteroatoms. The van der Waals surface area contributed by atoms with Crippen LogP contribution in [0.5, 0.6) is 0 Å². The lowest BCUT2D eigenvalue weighted by atomic mass is 10.7. The quantitative estimate of drug-likeness (QED) is 0.607. The van der Waals surface area contributed by atoms with Gasteiger partial charge in [-0.1, -0.05) is 11.9 Å². The molecule has 0 amide bonds. The molecule has 8 heavy (non-hydrogen) atoms. The van der Waals surface area contributed by atoms with Crippen molar-refractivity contribution in [2.45, 2.75) is 0 Å². The van der Waals surface area contributed by atoms with E-state index >= 15 is 0 Å². The van der Waals surface area contributed by atoms with E-state index in [-0.39, 0.29) is 12.4 Å². The first-order chi connectivity index (χ1) is 3.27. The van der Waals surface area contributed by atoms with Crippen LogP contribution in [-0.4, -0.2) is 31.3 Å². The molecular formula is C4H13ClN2S. The Hall–Kier alpha value is 0.560. The van der Waals surface area contributed by atoms with Crippen molar-refractivity contribution in [1.82, 2.24) is 4.90 Å². The van der Waals surface area contributed by atoms with Crippen molar-refractivity contribution < 1.29 is 0 Å². The summed E-state index contributed by atoms with van der Waals surface area (Å²) in [6.07, 6.45) is 0. The Kier molecular flexibility index (Phi) is 10.7. The molecule has 0 aliphatic carbocycles. The summed E-state index contributed by atoms with van der Waals surface area (Å²) in [5.74, 6) is 1.02. The Morgan fingerprint density at radius 2 is 2.00 bits per heavy atom. The highest BCUT2D eigenvalue weighted by Crippen LogP contribution is 1.84. The molecule has 2 N–H and O–H groups in total. The summed E-state index contributed by atoms with van der Waals surface area (Å²) in [6.45, 7) is 1.07. The third-order valence-electron chi connectivity index (χ3n) is 0.656. The molecule has 0 radical (unpaired) electrons. The number of nitrogens with two attached hydrogens (primary N) is 1. The molecule has 0 aromatic rings. The highest BCUT2D eigenvalue weighted by atomic mass is 35.5. The second-order valence-electron chi connectivity index (χ2n) is 1.67. The lowest BCUT2D eigenvalue weighted by molar-refractivity contribution is 0.437. The van der Waals surface area contributed by atoms with Gasteiger partial charge in [0, 0.05) is 12.3 Å². The van der Waals surface area contributed by atoms with E-state index < -0.39 is 0 Å². The molecule has 0 aliphatic rings. The predicted molar refractivity (Wildman–Crippen MR) is 42.4 cm³/mol. The number of rotatable bonds is 3. The highest BCUT2D eigenvalue weighted by Gasteiger charge is 1.84. The van der Waals surface area contributed by atoms with Crippen molar-refractivity contribution >= 4 is 24.4 Å². The van der Waals surface area contributed by atoms with Crippen molar-refractivity contribution in [2.75, 3.05) is 26.4 Å². The number of hydrogen-bond donors (Lipinski definition) is 1. The maximum atomic E-state index is 5.17. The van der Waals surface area contributed by atoms with E-state index in [1.54, 1.807) is 0 Å². The normalized spacial score (nSPS) is 9.00. The fourth-order valence-electron chi connectivity index (χ4n) is 0.235. The summed E-state index contributed by atoms with van der Waals surface area (Å²) in [7, 11) is 4.08. The zero-order valence-electron chi connectivity index (χ0n) is 5.26. The summed E-state index contributed by atoms with van der Waals surface area (Å²) < 4.78 is 0. The molecule has 0 aliphatic heterocycles. The van der Waals surface area contributed by atoms with Gasteiger partial charge < -0.3 is 4.90 Å². The van der Waals surface area contributed by atoms with Crippen molar-refractivity contribution in [2.24, 2.45) is 5.14 Å². The van der Waals surface area contributed by atoms with Gasteiger partial charge in [0.05, 0.1) is 0 Å². The average Bonchev–Trinajstić information content (AvgIpc) is 1.61. The molecule has 0 spiro atoms. The lowest BCUT2D eigenvalue weighted by Crippen LogP contribution is -2.15. The highest BCUT2D eigenvalue weighted by molar-refractivity contribution is 7.97. The molecule has 0 rings (SSSR count). The molecule has 0 atom stereocenters. The van der Waals surface area contributed by atoms with Gasteiger partial charge >= 0.3 is 0 Å². The van der Waals surface area contributed by atoms with Gasteiger partial charge in [0.2, 0.25) is 0 Å². The van der Waals surface area contributed by atoms with E-state index in [0.717, 1.165) is 12.3 Å². The monoisotopic (exact) mass is 156 g/mol. The van der Waals surface area contributed by atoms with Crippen LogP contribution in [0, 0.1) is 0 Å². The maximum Gasteiger partial charge on any atom is 0.0204 e. The van der Waals surface area contributed by atoms with E-state index in [0.29, 0.717) is 0 Å². The van der Waals surface area contributed by atoms with Gasteiger partial charge in [-0.05, 0) is 14.1 Å². The van der Waals surface area contributed by atoms with Gasteiger partial charge in [0.15, 0.2) is 0 Å². The molecule has 52 valence electrons. The molecular weight excluding hydrogens is 144 g/mol. The third-order valence-corrected chi connectivity index (χ3v) is 1.07. The summed E-state index contributed by atoms with van der Waals surface area (Å²) in [4.78, 5) is 2.11. The van der Waals surface area contributed by atoms with Crippen LogP contribution in [0.4, 0.5) is 0 Å². The second-order valence-corrected chi connectivity index (χ2v) is 2.42. The zero-order valence-corrected chi connectivity index (χ0v) is 6.89. The second kappa shape index (κ2) is 7.56. The largest absolute Gasteiger partial charge is 0.309 e. The van der Waals surface area contributed by atoms with Crippen molar-refractivity contribution in [1.29, 1.82) is 0 Å². The van der Waals surface area contributed by atoms with Crippen LogP contribution in [0.2, 0.25) is 0 Å². The van der Waals surface area contributed by atoms with Gasteiger partial charge in [-0.2, -0.15) is 0 Å². The van der Waals surface area contributed by atoms with Crippen LogP contribution >= 0.6 is 24.4 Å². The van der Waals surface area contributed by atoms with Gasteiger partial charge in [0.25, 0.3) is 0 Å². The van der Waals surface area contributed by atoms with Crippen LogP contribution in [0.25, 0.3) is 0 Å². The van der Waals surface area contributed by atoms with E-state index in [1.807, 2.05) is 14.1 Å². The minimum absolute atomic E-state index is 0. The minimum atomic E-state index is 0. The molecule has 0 bridgehead atoms. The van der Waals surface area contributed by atoms with Gasteiger partial charge in [-0.25, -0.2) is 0 Å². The molecule has 0 aromatic carbocycles. The van der Waals surface area contributed by atoms with Crippen LogP contribution in [-0.2, 0) is 0 Å². The summed E-state index contributed by atoms with van der Waals surface area (Å²) >= 11 is 1.39. The lowest BCUT2D eigenvalue weighted by Gasteiger charge is -2.05. The van der Waals surface area contributed by atoms with Gasteiger partial charge in [-0.3, -0.25) is 5.14 Å². The first-order valence-electron chi connectivity index (χ1n) is 2.24. The SMILES string of the molecule is CN(C)CCSN.Cl. The summed E-state index contributed by atoms with van der Waals surface area (Å²) in [5, 5.41) is 5.17. The van der Waals surface area contributed by atoms with Crippen LogP contribution in [0.15, 0.2) is 0 Å². The molecule has 0 fully saturated rings. The Balaban J connectivity index is 0. The van der Waals surface area contributed by atoms with Crippen LogP contribution in [0.1, 0.15) is 0 Å². The molecule has 0 saturated carbocycles. The Morgan fingerprint density at radius 1 is 1.50 bits per heavy atom. The topological polar surface area (TPSA) is 29.3 Å². The fourth-order valence-corrected chi connectivity index (χ4v) is 0.706.